The van der Waals surface area contributed by atoms with Gasteiger partial charge in [0.05, 0.1) is 20.4 Å². The maximum atomic E-state index is 5.40. The van der Waals surface area contributed by atoms with E-state index in [9.17, 15) is 0 Å². The summed E-state index contributed by atoms with van der Waals surface area (Å²) in [6, 6.07) is 7.98. The second kappa shape index (κ2) is 5.98. The van der Waals surface area contributed by atoms with Gasteiger partial charge in [-0.25, -0.2) is 4.98 Å². The summed E-state index contributed by atoms with van der Waals surface area (Å²) in [5, 5.41) is 5.31. The van der Waals surface area contributed by atoms with Crippen LogP contribution in [-0.4, -0.2) is 34.0 Å². The predicted octanol–water partition coefficient (Wildman–Crippen LogP) is 3.65. The summed E-state index contributed by atoms with van der Waals surface area (Å²) in [7, 11) is 5.17. The molecular formula is C19H18N4O2. The molecule has 4 rings (SSSR count). The van der Waals surface area contributed by atoms with Crippen molar-refractivity contribution < 1.29 is 9.47 Å². The summed E-state index contributed by atoms with van der Waals surface area (Å²) in [6.45, 7) is 0. The Morgan fingerprint density at radius 2 is 1.80 bits per heavy atom. The lowest BCUT2D eigenvalue weighted by Crippen LogP contribution is -1.91. The van der Waals surface area contributed by atoms with Crippen LogP contribution in [0.2, 0.25) is 0 Å². The van der Waals surface area contributed by atoms with Gasteiger partial charge in [0.2, 0.25) is 0 Å². The van der Waals surface area contributed by atoms with E-state index < -0.39 is 0 Å². The molecule has 25 heavy (non-hydrogen) atoms. The maximum absolute atomic E-state index is 5.40. The molecule has 3 aromatic heterocycles. The predicted molar refractivity (Wildman–Crippen MR) is 96.8 cm³/mol. The van der Waals surface area contributed by atoms with Crippen LogP contribution >= 0.6 is 0 Å². The summed E-state index contributed by atoms with van der Waals surface area (Å²) in [6.07, 6.45) is 7.66. The Kier molecular flexibility index (Phi) is 3.65. The molecule has 6 nitrogen and oxygen atoms in total. The molecule has 3 heterocycles. The molecule has 0 spiro atoms. The number of H-pyrrole nitrogens is 1. The Labute approximate surface area is 145 Å². The van der Waals surface area contributed by atoms with Gasteiger partial charge in [0.25, 0.3) is 0 Å². The number of nitrogens with zero attached hydrogens (tertiary/aromatic N) is 3. The number of hydrogen-bond donors (Lipinski definition) is 1. The van der Waals surface area contributed by atoms with Crippen LogP contribution < -0.4 is 9.47 Å². The highest BCUT2D eigenvalue weighted by Gasteiger charge is 2.12. The number of hydrogen-bond acceptors (Lipinski definition) is 4. The average Bonchev–Trinajstić information content (AvgIpc) is 3.26. The zero-order chi connectivity index (χ0) is 17.4. The molecule has 0 atom stereocenters. The highest BCUT2D eigenvalue weighted by Crippen LogP contribution is 2.34. The summed E-state index contributed by atoms with van der Waals surface area (Å²) in [4.78, 5) is 7.78. The number of nitrogens with one attached hydrogen (secondary N) is 1. The lowest BCUT2D eigenvalue weighted by Gasteiger charge is -2.09. The molecule has 0 saturated heterocycles. The van der Waals surface area contributed by atoms with Crippen LogP contribution in [-0.2, 0) is 7.05 Å². The molecule has 0 unspecified atom stereocenters. The van der Waals surface area contributed by atoms with Gasteiger partial charge >= 0.3 is 0 Å². The van der Waals surface area contributed by atoms with Crippen LogP contribution in [0, 0.1) is 0 Å². The fourth-order valence-electron chi connectivity index (χ4n) is 2.98. The first kappa shape index (κ1) is 15.3. The molecule has 1 aromatic carbocycles. The molecule has 6 heteroatoms. The number of aryl methyl sites for hydroxylation is 1. The highest BCUT2D eigenvalue weighted by molar-refractivity contribution is 5.95. The lowest BCUT2D eigenvalue weighted by atomic mass is 10.0. The van der Waals surface area contributed by atoms with Gasteiger partial charge in [0, 0.05) is 47.7 Å². The van der Waals surface area contributed by atoms with Crippen LogP contribution in [0.5, 0.6) is 11.5 Å². The molecule has 0 aliphatic rings. The van der Waals surface area contributed by atoms with E-state index in [-0.39, 0.29) is 0 Å². The van der Waals surface area contributed by atoms with E-state index in [1.54, 1.807) is 18.9 Å². The summed E-state index contributed by atoms with van der Waals surface area (Å²) < 4.78 is 12.5. The molecule has 0 saturated carbocycles. The van der Waals surface area contributed by atoms with Gasteiger partial charge < -0.3 is 14.5 Å². The molecule has 0 amide bonds. The van der Waals surface area contributed by atoms with E-state index in [0.717, 1.165) is 33.3 Å². The largest absolute Gasteiger partial charge is 0.493 e. The number of pyridine rings is 1. The number of aromatic amines is 1. The maximum Gasteiger partial charge on any atom is 0.161 e. The van der Waals surface area contributed by atoms with Crippen molar-refractivity contribution in [1.82, 2.24) is 19.7 Å². The van der Waals surface area contributed by atoms with Crippen molar-refractivity contribution in [3.05, 3.63) is 49.1 Å². The van der Waals surface area contributed by atoms with E-state index >= 15 is 0 Å². The monoisotopic (exact) mass is 334 g/mol. The third-order valence-corrected chi connectivity index (χ3v) is 4.26. The number of fused-ring (bicyclic) bond motifs is 1. The van der Waals surface area contributed by atoms with Crippen molar-refractivity contribution in [2.75, 3.05) is 14.2 Å². The van der Waals surface area contributed by atoms with Crippen molar-refractivity contribution in [3.63, 3.8) is 0 Å². The number of benzene rings is 1. The zero-order valence-corrected chi connectivity index (χ0v) is 14.3. The highest BCUT2D eigenvalue weighted by atomic mass is 16.5. The summed E-state index contributed by atoms with van der Waals surface area (Å²) >= 11 is 0. The molecule has 0 bridgehead atoms. The van der Waals surface area contributed by atoms with Crippen LogP contribution in [0.4, 0.5) is 0 Å². The van der Waals surface area contributed by atoms with E-state index in [4.69, 9.17) is 9.47 Å². The fourth-order valence-corrected chi connectivity index (χ4v) is 2.98. The van der Waals surface area contributed by atoms with Crippen molar-refractivity contribution >= 4 is 11.0 Å². The summed E-state index contributed by atoms with van der Waals surface area (Å²) in [5.41, 5.74) is 5.02. The molecule has 0 radical (unpaired) electrons. The average molecular weight is 334 g/mol. The Morgan fingerprint density at radius 1 is 0.960 bits per heavy atom. The Bertz CT molecular complexity index is 1050. The van der Waals surface area contributed by atoms with Crippen molar-refractivity contribution in [2.45, 2.75) is 0 Å². The minimum absolute atomic E-state index is 0.696. The van der Waals surface area contributed by atoms with Gasteiger partial charge in [-0.2, -0.15) is 5.10 Å². The van der Waals surface area contributed by atoms with Crippen molar-refractivity contribution in [1.29, 1.82) is 0 Å². The lowest BCUT2D eigenvalue weighted by molar-refractivity contribution is 0.355. The van der Waals surface area contributed by atoms with Crippen molar-refractivity contribution in [3.8, 4) is 33.8 Å². The number of methoxy groups -OCH3 is 2. The third-order valence-electron chi connectivity index (χ3n) is 4.26. The van der Waals surface area contributed by atoms with E-state index in [0.29, 0.717) is 11.5 Å². The van der Waals surface area contributed by atoms with E-state index in [1.165, 1.54) is 0 Å². The second-order valence-corrected chi connectivity index (χ2v) is 5.79. The fraction of sp³-hybridized carbons (Fsp3) is 0.158. The second-order valence-electron chi connectivity index (χ2n) is 5.79. The van der Waals surface area contributed by atoms with Crippen LogP contribution in [0.25, 0.3) is 33.3 Å². The van der Waals surface area contributed by atoms with Gasteiger partial charge in [-0.05, 0) is 23.8 Å². The first-order valence-electron chi connectivity index (χ1n) is 7.88. The van der Waals surface area contributed by atoms with Gasteiger partial charge in [-0.15, -0.1) is 0 Å². The van der Waals surface area contributed by atoms with E-state index in [2.05, 4.69) is 21.1 Å². The molecule has 0 aliphatic carbocycles. The van der Waals surface area contributed by atoms with Crippen molar-refractivity contribution in [2.24, 2.45) is 7.05 Å². The van der Waals surface area contributed by atoms with Crippen LogP contribution in [0.3, 0.4) is 0 Å². The smallest absolute Gasteiger partial charge is 0.161 e. The minimum Gasteiger partial charge on any atom is -0.493 e. The summed E-state index contributed by atoms with van der Waals surface area (Å²) in [5.74, 6) is 1.40. The number of ether oxygens (including phenoxy) is 2. The van der Waals surface area contributed by atoms with Gasteiger partial charge in [0.15, 0.2) is 11.5 Å². The molecular weight excluding hydrogens is 316 g/mol. The Morgan fingerprint density at radius 3 is 2.52 bits per heavy atom. The van der Waals surface area contributed by atoms with E-state index in [1.807, 2.05) is 50.0 Å². The van der Waals surface area contributed by atoms with Gasteiger partial charge in [-0.1, -0.05) is 6.07 Å². The molecule has 126 valence electrons. The quantitative estimate of drug-likeness (QED) is 0.619. The standard InChI is InChI=1S/C19H18N4O2/c1-23-11-14(9-22-23)16-10-21-19-15(16)6-13(8-20-19)12-4-5-17(24-2)18(7-12)25-3/h4-11H,1-3H3,(H,20,21). The molecule has 0 aliphatic heterocycles. The zero-order valence-electron chi connectivity index (χ0n) is 14.3. The minimum atomic E-state index is 0.696. The Balaban J connectivity index is 1.84. The van der Waals surface area contributed by atoms with Gasteiger partial charge in [0.1, 0.15) is 5.65 Å². The van der Waals surface area contributed by atoms with Crippen LogP contribution in [0.15, 0.2) is 49.1 Å². The first-order valence-corrected chi connectivity index (χ1v) is 7.88. The SMILES string of the molecule is COc1ccc(-c2cnc3[nH]cc(-c4cnn(C)c4)c3c2)cc1OC. The molecule has 0 fully saturated rings. The Hall–Kier alpha value is -3.28. The van der Waals surface area contributed by atoms with Gasteiger partial charge in [-0.3, -0.25) is 4.68 Å². The van der Waals surface area contributed by atoms with Crippen LogP contribution in [0.1, 0.15) is 0 Å². The molecule has 4 aromatic rings. The number of aromatic nitrogens is 4. The third kappa shape index (κ3) is 2.61. The first-order chi connectivity index (χ1) is 12.2. The topological polar surface area (TPSA) is 65.0 Å². The number of rotatable bonds is 4. The normalized spacial score (nSPS) is 11.0. The molecule has 1 N–H and O–H groups in total.